The molecule has 1 aliphatic rings. The van der Waals surface area contributed by atoms with Crippen LogP contribution in [0.5, 0.6) is 0 Å². The lowest BCUT2D eigenvalue weighted by Gasteiger charge is -2.48. The van der Waals surface area contributed by atoms with Crippen LogP contribution in [-0.2, 0) is 14.0 Å². The number of carbonyl (C=O) groups excluding carboxylic acids is 1. The minimum absolute atomic E-state index is 0.0582. The van der Waals surface area contributed by atoms with Gasteiger partial charge in [-0.05, 0) is 32.5 Å². The Kier molecular flexibility index (Phi) is 6.89. The third kappa shape index (κ3) is 4.67. The second-order valence-corrected chi connectivity index (χ2v) is 11.4. The summed E-state index contributed by atoms with van der Waals surface area (Å²) < 4.78 is 11.9. The van der Waals surface area contributed by atoms with Gasteiger partial charge in [0.1, 0.15) is 5.60 Å². The van der Waals surface area contributed by atoms with E-state index >= 15 is 0 Å². The molecule has 0 heterocycles. The molecule has 0 spiro atoms. The van der Waals surface area contributed by atoms with Gasteiger partial charge in [-0.2, -0.15) is 0 Å². The molecule has 3 nitrogen and oxygen atoms in total. The van der Waals surface area contributed by atoms with Crippen molar-refractivity contribution < 1.29 is 14.0 Å². The first-order valence-electron chi connectivity index (χ1n) is 8.12. The van der Waals surface area contributed by atoms with E-state index < -0.39 is 13.9 Å². The summed E-state index contributed by atoms with van der Waals surface area (Å²) in [7, 11) is -0.0244. The van der Waals surface area contributed by atoms with E-state index in [2.05, 4.69) is 26.6 Å². The van der Waals surface area contributed by atoms with Gasteiger partial charge >= 0.3 is 0 Å². The molecule has 20 heavy (non-hydrogen) atoms. The van der Waals surface area contributed by atoms with E-state index in [4.69, 9.17) is 9.16 Å². The number of rotatable bonds is 10. The van der Waals surface area contributed by atoms with Crippen molar-refractivity contribution in [3.63, 3.8) is 0 Å². The molecule has 0 aliphatic heterocycles. The summed E-state index contributed by atoms with van der Waals surface area (Å²) in [5, 5.41) is 0. The second kappa shape index (κ2) is 7.71. The first-order valence-corrected chi connectivity index (χ1v) is 11.5. The van der Waals surface area contributed by atoms with Crippen LogP contribution in [-0.4, -0.2) is 32.9 Å². The monoisotopic (exact) mass is 300 g/mol. The standard InChI is InChI=1S/C16H32O3Si/c1-6-7-8-9-10-11-15(18-2)16(13-12-14(16)17)19-20(3,4)5/h15H,6-13H2,1-5H3. The highest BCUT2D eigenvalue weighted by molar-refractivity contribution is 6.70. The third-order valence-electron chi connectivity index (χ3n) is 4.06. The quantitative estimate of drug-likeness (QED) is 0.445. The molecule has 0 amide bonds. The molecule has 0 aromatic carbocycles. The van der Waals surface area contributed by atoms with Gasteiger partial charge in [-0.3, -0.25) is 4.79 Å². The minimum Gasteiger partial charge on any atom is -0.403 e. The molecular weight excluding hydrogens is 268 g/mol. The van der Waals surface area contributed by atoms with Crippen molar-refractivity contribution in [2.45, 2.75) is 89.6 Å². The van der Waals surface area contributed by atoms with Gasteiger partial charge in [-0.1, -0.05) is 39.0 Å². The van der Waals surface area contributed by atoms with Crippen molar-refractivity contribution in [3.05, 3.63) is 0 Å². The van der Waals surface area contributed by atoms with Crippen molar-refractivity contribution in [1.29, 1.82) is 0 Å². The average Bonchev–Trinajstić information content (AvgIpc) is 2.38. The minimum atomic E-state index is -1.74. The first kappa shape index (κ1) is 17.9. The van der Waals surface area contributed by atoms with Crippen molar-refractivity contribution in [2.75, 3.05) is 7.11 Å². The van der Waals surface area contributed by atoms with Gasteiger partial charge in [0.25, 0.3) is 0 Å². The number of hydrogen-bond acceptors (Lipinski definition) is 3. The van der Waals surface area contributed by atoms with Gasteiger partial charge in [0, 0.05) is 13.5 Å². The van der Waals surface area contributed by atoms with E-state index in [1.165, 1.54) is 25.7 Å². The van der Waals surface area contributed by atoms with Gasteiger partial charge in [-0.25, -0.2) is 0 Å². The summed E-state index contributed by atoms with van der Waals surface area (Å²) in [6, 6.07) is 0. The fraction of sp³-hybridized carbons (Fsp3) is 0.938. The molecule has 1 aliphatic carbocycles. The summed E-state index contributed by atoms with van der Waals surface area (Å²) in [6.45, 7) is 8.67. The van der Waals surface area contributed by atoms with Gasteiger partial charge < -0.3 is 9.16 Å². The van der Waals surface area contributed by atoms with Gasteiger partial charge in [0.05, 0.1) is 6.10 Å². The Morgan fingerprint density at radius 1 is 1.20 bits per heavy atom. The SMILES string of the molecule is CCCCCCCC(OC)C1(O[Si](C)(C)C)CCC1=O. The molecule has 4 heteroatoms. The number of ether oxygens (including phenoxy) is 1. The number of ketones is 1. The largest absolute Gasteiger partial charge is 0.403 e. The number of unbranched alkanes of at least 4 members (excludes halogenated alkanes) is 4. The van der Waals surface area contributed by atoms with E-state index in [9.17, 15) is 4.79 Å². The molecular formula is C16H32O3Si. The topological polar surface area (TPSA) is 35.5 Å². The van der Waals surface area contributed by atoms with Crippen LogP contribution in [0.4, 0.5) is 0 Å². The third-order valence-corrected chi connectivity index (χ3v) is 5.03. The lowest BCUT2D eigenvalue weighted by Crippen LogP contribution is -2.62. The van der Waals surface area contributed by atoms with Crippen LogP contribution >= 0.6 is 0 Å². The summed E-state index contributed by atoms with van der Waals surface area (Å²) in [5.41, 5.74) is -0.621. The van der Waals surface area contributed by atoms with Crippen LogP contribution in [0.25, 0.3) is 0 Å². The summed E-state index contributed by atoms with van der Waals surface area (Å²) in [5.74, 6) is 0.250. The van der Waals surface area contributed by atoms with E-state index in [-0.39, 0.29) is 11.9 Å². The van der Waals surface area contributed by atoms with Crippen LogP contribution in [0.2, 0.25) is 19.6 Å². The van der Waals surface area contributed by atoms with Gasteiger partial charge in [0.15, 0.2) is 14.1 Å². The molecule has 0 radical (unpaired) electrons. The zero-order valence-corrected chi connectivity index (χ0v) is 15.0. The lowest BCUT2D eigenvalue weighted by molar-refractivity contribution is -0.167. The number of methoxy groups -OCH3 is 1. The average molecular weight is 301 g/mol. The summed E-state index contributed by atoms with van der Waals surface area (Å²) >= 11 is 0. The predicted octanol–water partition coefficient (Wildman–Crippen LogP) is 4.32. The molecule has 0 aromatic heterocycles. The Balaban J connectivity index is 2.57. The van der Waals surface area contributed by atoms with Crippen LogP contribution in [0.3, 0.4) is 0 Å². The van der Waals surface area contributed by atoms with Crippen LogP contribution in [0, 0.1) is 0 Å². The predicted molar refractivity (Wildman–Crippen MR) is 85.6 cm³/mol. The summed E-state index contributed by atoms with van der Waals surface area (Å²) in [6.07, 6.45) is 8.57. The van der Waals surface area contributed by atoms with E-state index in [0.29, 0.717) is 6.42 Å². The van der Waals surface area contributed by atoms with E-state index in [0.717, 1.165) is 19.3 Å². The molecule has 1 saturated carbocycles. The zero-order chi connectivity index (χ0) is 15.2. The van der Waals surface area contributed by atoms with E-state index in [1.54, 1.807) is 7.11 Å². The second-order valence-electron chi connectivity index (χ2n) is 6.95. The maximum Gasteiger partial charge on any atom is 0.185 e. The van der Waals surface area contributed by atoms with Crippen molar-refractivity contribution >= 4 is 14.1 Å². The van der Waals surface area contributed by atoms with Crippen molar-refractivity contribution in [3.8, 4) is 0 Å². The van der Waals surface area contributed by atoms with Crippen LogP contribution < -0.4 is 0 Å². The Morgan fingerprint density at radius 2 is 1.85 bits per heavy atom. The molecule has 0 saturated heterocycles. The smallest absolute Gasteiger partial charge is 0.185 e. The molecule has 0 N–H and O–H groups in total. The normalized spacial score (nSPS) is 24.6. The highest BCUT2D eigenvalue weighted by atomic mass is 28.4. The molecule has 1 fully saturated rings. The van der Waals surface area contributed by atoms with E-state index in [1.807, 2.05) is 0 Å². The summed E-state index contributed by atoms with van der Waals surface area (Å²) in [4.78, 5) is 12.2. The zero-order valence-electron chi connectivity index (χ0n) is 14.0. The molecule has 2 atom stereocenters. The maximum absolute atomic E-state index is 12.2. The Labute approximate surface area is 125 Å². The molecule has 0 aromatic rings. The Morgan fingerprint density at radius 3 is 2.25 bits per heavy atom. The molecule has 2 unspecified atom stereocenters. The molecule has 0 bridgehead atoms. The fourth-order valence-electron chi connectivity index (χ4n) is 3.01. The Bertz CT molecular complexity index is 311. The number of Topliss-reactive ketones (excluding diaryl/α,β-unsaturated/α-hetero) is 1. The first-order chi connectivity index (χ1) is 9.35. The Hall–Kier alpha value is -0.193. The number of carbonyl (C=O) groups is 1. The number of hydrogen-bond donors (Lipinski definition) is 0. The molecule has 1 rings (SSSR count). The van der Waals surface area contributed by atoms with Crippen molar-refractivity contribution in [2.24, 2.45) is 0 Å². The van der Waals surface area contributed by atoms with Gasteiger partial charge in [0.2, 0.25) is 0 Å². The molecule has 118 valence electrons. The van der Waals surface area contributed by atoms with Crippen LogP contribution in [0.15, 0.2) is 0 Å². The van der Waals surface area contributed by atoms with Crippen LogP contribution in [0.1, 0.15) is 58.3 Å². The maximum atomic E-state index is 12.2. The van der Waals surface area contributed by atoms with Gasteiger partial charge in [-0.15, -0.1) is 0 Å². The highest BCUT2D eigenvalue weighted by Crippen LogP contribution is 2.40. The highest BCUT2D eigenvalue weighted by Gasteiger charge is 2.54. The van der Waals surface area contributed by atoms with Crippen molar-refractivity contribution in [1.82, 2.24) is 0 Å². The fourth-order valence-corrected chi connectivity index (χ4v) is 4.45. The lowest BCUT2D eigenvalue weighted by atomic mass is 9.73.